The molecule has 1 fully saturated rings. The van der Waals surface area contributed by atoms with Gasteiger partial charge in [0.25, 0.3) is 5.91 Å². The average Bonchev–Trinajstić information content (AvgIpc) is 3.00. The van der Waals surface area contributed by atoms with Crippen molar-refractivity contribution in [3.05, 3.63) is 40.4 Å². The predicted octanol–water partition coefficient (Wildman–Crippen LogP) is 4.31. The number of nitrogens with zero attached hydrogens (tertiary/aromatic N) is 1. The van der Waals surface area contributed by atoms with Gasteiger partial charge in [-0.1, -0.05) is 23.7 Å². The number of hydrogen-bond donors (Lipinski definition) is 2. The Balaban J connectivity index is 0.00000144. The maximum Gasteiger partial charge on any atom is 0.270 e. The first-order valence-corrected chi connectivity index (χ1v) is 8.65. The molecular formula is C16H20Cl3N3OS. The number of hydrogen-bond acceptors (Lipinski definition) is 4. The highest BCUT2D eigenvalue weighted by molar-refractivity contribution is 7.13. The van der Waals surface area contributed by atoms with E-state index >= 15 is 0 Å². The first kappa shape index (κ1) is 21.2. The predicted molar refractivity (Wildman–Crippen MR) is 105 cm³/mol. The van der Waals surface area contributed by atoms with Crippen LogP contribution in [0.25, 0.3) is 10.6 Å². The van der Waals surface area contributed by atoms with Crippen LogP contribution in [0.2, 0.25) is 5.02 Å². The van der Waals surface area contributed by atoms with Crippen LogP contribution in [0, 0.1) is 0 Å². The molecule has 4 nitrogen and oxygen atoms in total. The number of nitrogens with two attached hydrogens (primary N) is 1. The van der Waals surface area contributed by atoms with Gasteiger partial charge in [0.05, 0.1) is 0 Å². The third-order valence-electron chi connectivity index (χ3n) is 3.94. The standard InChI is InChI=1S/C16H18ClN3OS.2ClH/c17-11-3-1-10(2-4-11)16-20-14(9-22-16)15(21)19-13-7-5-12(18)6-8-13;;/h1-4,9,12-13H,5-8,18H2,(H,19,21);2*1H. The van der Waals surface area contributed by atoms with Gasteiger partial charge < -0.3 is 11.1 Å². The van der Waals surface area contributed by atoms with Gasteiger partial charge in [-0.15, -0.1) is 36.2 Å². The minimum absolute atomic E-state index is 0. The van der Waals surface area contributed by atoms with Crippen molar-refractivity contribution in [1.29, 1.82) is 0 Å². The van der Waals surface area contributed by atoms with Crippen molar-refractivity contribution in [2.24, 2.45) is 5.73 Å². The Labute approximate surface area is 163 Å². The molecule has 0 saturated heterocycles. The van der Waals surface area contributed by atoms with Gasteiger partial charge in [-0.05, 0) is 37.8 Å². The van der Waals surface area contributed by atoms with Gasteiger partial charge in [0.1, 0.15) is 10.7 Å². The molecule has 1 aliphatic carbocycles. The number of aromatic nitrogens is 1. The van der Waals surface area contributed by atoms with E-state index in [2.05, 4.69) is 10.3 Å². The molecule has 3 rings (SSSR count). The van der Waals surface area contributed by atoms with Crippen molar-refractivity contribution < 1.29 is 4.79 Å². The summed E-state index contributed by atoms with van der Waals surface area (Å²) in [5.74, 6) is -0.100. The molecule has 0 unspecified atom stereocenters. The van der Waals surface area contributed by atoms with E-state index in [0.29, 0.717) is 10.7 Å². The Kier molecular flexibility index (Phi) is 8.46. The van der Waals surface area contributed by atoms with E-state index in [4.69, 9.17) is 17.3 Å². The summed E-state index contributed by atoms with van der Waals surface area (Å²) in [7, 11) is 0. The van der Waals surface area contributed by atoms with Gasteiger partial charge in [0.2, 0.25) is 0 Å². The Morgan fingerprint density at radius 1 is 1.17 bits per heavy atom. The number of rotatable bonds is 3. The van der Waals surface area contributed by atoms with Crippen molar-refractivity contribution >= 4 is 53.7 Å². The fourth-order valence-corrected chi connectivity index (χ4v) is 3.56. The zero-order chi connectivity index (χ0) is 15.5. The van der Waals surface area contributed by atoms with E-state index in [1.54, 1.807) is 5.38 Å². The van der Waals surface area contributed by atoms with Crippen LogP contribution >= 0.6 is 47.8 Å². The van der Waals surface area contributed by atoms with Gasteiger partial charge in [0, 0.05) is 28.0 Å². The summed E-state index contributed by atoms with van der Waals surface area (Å²) < 4.78 is 0. The fraction of sp³-hybridized carbons (Fsp3) is 0.375. The molecule has 0 bridgehead atoms. The number of carbonyl (C=O) groups is 1. The lowest BCUT2D eigenvalue weighted by Gasteiger charge is -2.26. The van der Waals surface area contributed by atoms with Crippen LogP contribution < -0.4 is 11.1 Å². The lowest BCUT2D eigenvalue weighted by Crippen LogP contribution is -2.40. The third kappa shape index (κ3) is 5.33. The molecule has 0 spiro atoms. The first-order chi connectivity index (χ1) is 10.6. The molecule has 8 heteroatoms. The number of thiazole rings is 1. The van der Waals surface area contributed by atoms with Crippen molar-refractivity contribution in [1.82, 2.24) is 10.3 Å². The highest BCUT2D eigenvalue weighted by atomic mass is 35.5. The summed E-state index contributed by atoms with van der Waals surface area (Å²) in [6.45, 7) is 0. The summed E-state index contributed by atoms with van der Waals surface area (Å²) in [5.41, 5.74) is 7.33. The summed E-state index contributed by atoms with van der Waals surface area (Å²) in [6.07, 6.45) is 3.83. The second-order valence-electron chi connectivity index (χ2n) is 5.63. The molecule has 24 heavy (non-hydrogen) atoms. The molecule has 1 saturated carbocycles. The molecule has 132 valence electrons. The maximum atomic E-state index is 12.3. The van der Waals surface area contributed by atoms with Gasteiger partial charge >= 0.3 is 0 Å². The highest BCUT2D eigenvalue weighted by Gasteiger charge is 2.21. The second kappa shape index (κ2) is 9.59. The van der Waals surface area contributed by atoms with Gasteiger partial charge in [-0.3, -0.25) is 4.79 Å². The minimum atomic E-state index is -0.100. The molecule has 1 aromatic carbocycles. The number of amides is 1. The molecule has 0 radical (unpaired) electrons. The van der Waals surface area contributed by atoms with Gasteiger partial charge in [-0.2, -0.15) is 0 Å². The van der Waals surface area contributed by atoms with Gasteiger partial charge in [0.15, 0.2) is 0 Å². The number of nitrogens with one attached hydrogen (secondary N) is 1. The molecule has 1 heterocycles. The second-order valence-corrected chi connectivity index (χ2v) is 6.92. The zero-order valence-corrected chi connectivity index (χ0v) is 16.1. The molecule has 0 atom stereocenters. The maximum absolute atomic E-state index is 12.3. The van der Waals surface area contributed by atoms with Crippen molar-refractivity contribution in [2.75, 3.05) is 0 Å². The number of carbonyl (C=O) groups excluding carboxylic acids is 1. The summed E-state index contributed by atoms with van der Waals surface area (Å²) in [4.78, 5) is 16.7. The monoisotopic (exact) mass is 407 g/mol. The normalized spacial score (nSPS) is 19.8. The van der Waals surface area contributed by atoms with Gasteiger partial charge in [-0.25, -0.2) is 4.98 Å². The highest BCUT2D eigenvalue weighted by Crippen LogP contribution is 2.25. The molecule has 1 aliphatic rings. The van der Waals surface area contributed by atoms with Crippen LogP contribution in [0.3, 0.4) is 0 Å². The largest absolute Gasteiger partial charge is 0.348 e. The molecule has 2 aromatic rings. The summed E-state index contributed by atoms with van der Waals surface area (Å²) in [6, 6.07) is 7.96. The molecular weight excluding hydrogens is 389 g/mol. The van der Waals surface area contributed by atoms with Crippen LogP contribution in [-0.2, 0) is 0 Å². The quantitative estimate of drug-likeness (QED) is 0.795. The van der Waals surface area contributed by atoms with E-state index in [-0.39, 0.29) is 42.8 Å². The van der Waals surface area contributed by atoms with Crippen LogP contribution in [0.4, 0.5) is 0 Å². The lowest BCUT2D eigenvalue weighted by molar-refractivity contribution is 0.0921. The molecule has 1 amide bonds. The third-order valence-corrected chi connectivity index (χ3v) is 5.08. The van der Waals surface area contributed by atoms with E-state index in [1.165, 1.54) is 11.3 Å². The smallest absolute Gasteiger partial charge is 0.270 e. The SMILES string of the molecule is Cl.Cl.NC1CCC(NC(=O)c2csc(-c3ccc(Cl)cc3)n2)CC1. The van der Waals surface area contributed by atoms with E-state index in [9.17, 15) is 4.79 Å². The van der Waals surface area contributed by atoms with E-state index in [1.807, 2.05) is 24.3 Å². The first-order valence-electron chi connectivity index (χ1n) is 7.40. The lowest BCUT2D eigenvalue weighted by atomic mass is 9.92. The molecule has 0 aliphatic heterocycles. The fourth-order valence-electron chi connectivity index (χ4n) is 2.63. The van der Waals surface area contributed by atoms with Crippen LogP contribution in [0.5, 0.6) is 0 Å². The topological polar surface area (TPSA) is 68.0 Å². The van der Waals surface area contributed by atoms with Crippen molar-refractivity contribution in [3.8, 4) is 10.6 Å². The Hall–Kier alpha value is -0.850. The number of benzene rings is 1. The molecule has 1 aromatic heterocycles. The van der Waals surface area contributed by atoms with Crippen LogP contribution in [-0.4, -0.2) is 23.0 Å². The summed E-state index contributed by atoms with van der Waals surface area (Å²) >= 11 is 7.35. The van der Waals surface area contributed by atoms with Crippen LogP contribution in [0.1, 0.15) is 36.2 Å². The van der Waals surface area contributed by atoms with Crippen molar-refractivity contribution in [2.45, 2.75) is 37.8 Å². The average molecular weight is 409 g/mol. The zero-order valence-electron chi connectivity index (χ0n) is 12.9. The van der Waals surface area contributed by atoms with Crippen molar-refractivity contribution in [3.63, 3.8) is 0 Å². The van der Waals surface area contributed by atoms with E-state index < -0.39 is 0 Å². The Morgan fingerprint density at radius 3 is 2.42 bits per heavy atom. The van der Waals surface area contributed by atoms with E-state index in [0.717, 1.165) is 36.3 Å². The number of halogens is 3. The molecule has 3 N–H and O–H groups in total. The Morgan fingerprint density at radius 2 is 1.79 bits per heavy atom. The Bertz CT molecular complexity index is 655. The van der Waals surface area contributed by atoms with Crippen LogP contribution in [0.15, 0.2) is 29.6 Å². The summed E-state index contributed by atoms with van der Waals surface area (Å²) in [5, 5.41) is 6.37. The minimum Gasteiger partial charge on any atom is -0.348 e.